The fourth-order valence-corrected chi connectivity index (χ4v) is 4.18. The number of non-ortho nitro benzene ring substituents is 1. The molecule has 0 saturated heterocycles. The molecule has 0 saturated carbocycles. The van der Waals surface area contributed by atoms with E-state index < -0.39 is 10.8 Å². The van der Waals surface area contributed by atoms with Crippen molar-refractivity contribution in [1.29, 1.82) is 5.26 Å². The van der Waals surface area contributed by atoms with E-state index in [0.29, 0.717) is 33.4 Å². The lowest BCUT2D eigenvalue weighted by Gasteiger charge is -2.27. The van der Waals surface area contributed by atoms with Crippen molar-refractivity contribution in [3.63, 3.8) is 0 Å². The van der Waals surface area contributed by atoms with Crippen molar-refractivity contribution >= 4 is 23.2 Å². The van der Waals surface area contributed by atoms with E-state index in [1.165, 1.54) is 37.1 Å². The Kier molecular flexibility index (Phi) is 5.66. The van der Waals surface area contributed by atoms with Crippen molar-refractivity contribution in [3.8, 4) is 6.07 Å². The zero-order valence-electron chi connectivity index (χ0n) is 15.3. The van der Waals surface area contributed by atoms with Gasteiger partial charge in [0.05, 0.1) is 33.8 Å². The van der Waals surface area contributed by atoms with Crippen LogP contribution in [0.15, 0.2) is 69.0 Å². The van der Waals surface area contributed by atoms with E-state index in [-0.39, 0.29) is 11.5 Å². The molecule has 2 heterocycles. The van der Waals surface area contributed by atoms with Crippen LogP contribution in [-0.4, -0.2) is 10.7 Å². The Labute approximate surface area is 165 Å². The van der Waals surface area contributed by atoms with Crippen molar-refractivity contribution in [3.05, 3.63) is 86.0 Å². The number of hydrogen-bond acceptors (Lipinski definition) is 7. The number of allylic oxidation sites excluding steroid dienone is 3. The predicted octanol–water partition coefficient (Wildman–Crippen LogP) is 4.41. The van der Waals surface area contributed by atoms with Gasteiger partial charge in [-0.3, -0.25) is 14.9 Å². The van der Waals surface area contributed by atoms with Gasteiger partial charge in [-0.2, -0.15) is 5.26 Å². The van der Waals surface area contributed by atoms with Gasteiger partial charge in [-0.05, 0) is 31.5 Å². The zero-order chi connectivity index (χ0) is 20.3. The topological polar surface area (TPSA) is 109 Å². The summed E-state index contributed by atoms with van der Waals surface area (Å²) in [5, 5.41) is 24.5. The minimum atomic E-state index is -0.577. The van der Waals surface area contributed by atoms with Crippen LogP contribution in [0.3, 0.4) is 0 Å². The van der Waals surface area contributed by atoms with Crippen molar-refractivity contribution in [2.75, 3.05) is 0 Å². The number of carbonyl (C=O) groups excluding carboxylic acids is 1. The lowest BCUT2D eigenvalue weighted by molar-refractivity contribution is -0.384. The van der Waals surface area contributed by atoms with Crippen LogP contribution in [0.25, 0.3) is 0 Å². The molecule has 1 atom stereocenters. The summed E-state index contributed by atoms with van der Waals surface area (Å²) >= 11 is 1.36. The summed E-state index contributed by atoms with van der Waals surface area (Å²) in [5.74, 6) is 0.243. The Hall–Kier alpha value is -3.31. The Morgan fingerprint density at radius 1 is 1.39 bits per heavy atom. The number of nitro benzene ring substituents is 1. The number of furan rings is 1. The molecule has 2 aromatic rings. The van der Waals surface area contributed by atoms with Crippen LogP contribution in [0.1, 0.15) is 31.1 Å². The number of nitrogens with zero attached hydrogens (tertiary/aromatic N) is 2. The number of nitriles is 1. The fraction of sp³-hybridized carbons (Fsp3) is 0.200. The summed E-state index contributed by atoms with van der Waals surface area (Å²) < 4.78 is 5.50. The van der Waals surface area contributed by atoms with Crippen LogP contribution in [0.5, 0.6) is 0 Å². The lowest BCUT2D eigenvalue weighted by Crippen LogP contribution is -2.26. The molecule has 28 heavy (non-hydrogen) atoms. The first-order valence-electron chi connectivity index (χ1n) is 8.45. The van der Waals surface area contributed by atoms with Gasteiger partial charge in [-0.25, -0.2) is 0 Å². The number of benzene rings is 1. The molecule has 0 amide bonds. The summed E-state index contributed by atoms with van der Waals surface area (Å²) in [5.41, 5.74) is 2.33. The molecule has 142 valence electrons. The Balaban J connectivity index is 1.94. The van der Waals surface area contributed by atoms with E-state index in [1.54, 1.807) is 31.2 Å². The molecule has 1 aromatic heterocycles. The number of ketones is 1. The molecule has 0 aliphatic carbocycles. The molecule has 1 aliphatic heterocycles. The smallest absolute Gasteiger partial charge is 0.269 e. The highest BCUT2D eigenvalue weighted by molar-refractivity contribution is 8.02. The van der Waals surface area contributed by atoms with Gasteiger partial charge in [-0.1, -0.05) is 12.1 Å². The van der Waals surface area contributed by atoms with Crippen molar-refractivity contribution < 1.29 is 14.1 Å². The van der Waals surface area contributed by atoms with Crippen LogP contribution in [0.2, 0.25) is 0 Å². The first-order chi connectivity index (χ1) is 13.4. The molecule has 0 bridgehead atoms. The average Bonchev–Trinajstić information content (AvgIpc) is 3.20. The quantitative estimate of drug-likeness (QED) is 0.570. The maximum Gasteiger partial charge on any atom is 0.269 e. The molecule has 0 spiro atoms. The van der Waals surface area contributed by atoms with Crippen molar-refractivity contribution in [1.82, 2.24) is 5.32 Å². The van der Waals surface area contributed by atoms with E-state index in [9.17, 15) is 20.2 Å². The number of thioether (sulfide) groups is 1. The molecule has 1 aromatic carbocycles. The zero-order valence-corrected chi connectivity index (χ0v) is 16.1. The molecule has 7 nitrogen and oxygen atoms in total. The second kappa shape index (κ2) is 8.15. The van der Waals surface area contributed by atoms with Crippen molar-refractivity contribution in [2.24, 2.45) is 0 Å². The van der Waals surface area contributed by atoms with Crippen LogP contribution >= 0.6 is 11.8 Å². The van der Waals surface area contributed by atoms with Crippen LogP contribution < -0.4 is 5.32 Å². The van der Waals surface area contributed by atoms with E-state index in [1.807, 2.05) is 0 Å². The van der Waals surface area contributed by atoms with Gasteiger partial charge in [0, 0.05) is 29.2 Å². The lowest BCUT2D eigenvalue weighted by atomic mass is 9.84. The first-order valence-corrected chi connectivity index (χ1v) is 9.43. The minimum absolute atomic E-state index is 0.0209. The molecule has 1 aliphatic rings. The number of rotatable bonds is 6. The fourth-order valence-electron chi connectivity index (χ4n) is 3.15. The van der Waals surface area contributed by atoms with Gasteiger partial charge in [0.2, 0.25) is 0 Å². The number of dihydropyridines is 1. The summed E-state index contributed by atoms with van der Waals surface area (Å²) in [4.78, 5) is 22.7. The molecule has 8 heteroatoms. The van der Waals surface area contributed by atoms with Gasteiger partial charge in [0.1, 0.15) is 5.76 Å². The number of carbonyl (C=O) groups is 1. The normalized spacial score (nSPS) is 16.5. The average molecular weight is 395 g/mol. The number of Topliss-reactive ketones (excluding diaryl/α,β-unsaturated/α-hetero) is 1. The highest BCUT2D eigenvalue weighted by atomic mass is 32.2. The third-order valence-corrected chi connectivity index (χ3v) is 5.45. The summed E-state index contributed by atoms with van der Waals surface area (Å²) in [6.45, 7) is 3.25. The number of hydrogen-bond donors (Lipinski definition) is 1. The standard InChI is InChI=1S/C20H17N3O4S/c1-12-18(13(2)24)19(17-7-4-8-27-17)16(10-21)20(22-12)28-11-14-5-3-6-15(9-14)23(25)26/h3-9,19,22H,11H2,1-2H3/t19-/m0/s1. The first kappa shape index (κ1) is 19.5. The highest BCUT2D eigenvalue weighted by Crippen LogP contribution is 2.41. The van der Waals surface area contributed by atoms with Gasteiger partial charge in [0.25, 0.3) is 5.69 Å². The van der Waals surface area contributed by atoms with Crippen LogP contribution in [0.4, 0.5) is 5.69 Å². The molecule has 0 radical (unpaired) electrons. The summed E-state index contributed by atoms with van der Waals surface area (Å²) in [6, 6.07) is 12.0. The Morgan fingerprint density at radius 2 is 2.18 bits per heavy atom. The Morgan fingerprint density at radius 3 is 2.79 bits per heavy atom. The molecule has 3 rings (SSSR count). The monoisotopic (exact) mass is 395 g/mol. The molecule has 0 fully saturated rings. The second-order valence-corrected chi connectivity index (χ2v) is 7.22. The minimum Gasteiger partial charge on any atom is -0.468 e. The second-order valence-electron chi connectivity index (χ2n) is 6.24. The largest absolute Gasteiger partial charge is 0.468 e. The van der Waals surface area contributed by atoms with E-state index in [4.69, 9.17) is 4.42 Å². The molecular formula is C20H17N3O4S. The van der Waals surface area contributed by atoms with E-state index in [0.717, 1.165) is 5.56 Å². The van der Waals surface area contributed by atoms with Crippen molar-refractivity contribution in [2.45, 2.75) is 25.5 Å². The maximum absolute atomic E-state index is 12.2. The highest BCUT2D eigenvalue weighted by Gasteiger charge is 2.34. The maximum atomic E-state index is 12.2. The molecule has 0 unspecified atom stereocenters. The Bertz CT molecular complexity index is 1030. The third-order valence-electron chi connectivity index (χ3n) is 4.36. The van der Waals surface area contributed by atoms with Gasteiger partial charge >= 0.3 is 0 Å². The third kappa shape index (κ3) is 3.85. The predicted molar refractivity (Wildman–Crippen MR) is 105 cm³/mol. The SMILES string of the molecule is CC(=O)C1=C(C)NC(SCc2cccc([N+](=O)[O-])c2)=C(C#N)[C@H]1c1ccco1. The molecule has 1 N–H and O–H groups in total. The van der Waals surface area contributed by atoms with Gasteiger partial charge in [-0.15, -0.1) is 11.8 Å². The van der Waals surface area contributed by atoms with Crippen LogP contribution in [0, 0.1) is 21.4 Å². The number of nitrogens with one attached hydrogen (secondary N) is 1. The summed E-state index contributed by atoms with van der Waals surface area (Å²) in [7, 11) is 0. The van der Waals surface area contributed by atoms with Gasteiger partial charge < -0.3 is 9.73 Å². The molecular weight excluding hydrogens is 378 g/mol. The van der Waals surface area contributed by atoms with Crippen LogP contribution in [-0.2, 0) is 10.5 Å². The number of nitro groups is 1. The van der Waals surface area contributed by atoms with E-state index >= 15 is 0 Å². The van der Waals surface area contributed by atoms with E-state index in [2.05, 4.69) is 11.4 Å². The van der Waals surface area contributed by atoms with Gasteiger partial charge in [0.15, 0.2) is 5.78 Å². The summed E-state index contributed by atoms with van der Waals surface area (Å²) in [6.07, 6.45) is 1.51.